The highest BCUT2D eigenvalue weighted by Gasteiger charge is 2.07. The predicted molar refractivity (Wildman–Crippen MR) is 132 cm³/mol. The van der Waals surface area contributed by atoms with E-state index in [1.165, 1.54) is 83.5 Å². The standard InChI is InChI=1S/C27H53NO3.ClH/c1-24(2)19-16-14-12-10-8-6-5-7-9-11-13-15-17-20-26(29)23-28-21-18-22-31-27(30)25(3)4;/h24,26,28-29H,3,5-23H2,1-2,4H3;1H. The molecule has 0 spiro atoms. The zero-order valence-electron chi connectivity index (χ0n) is 21.5. The summed E-state index contributed by atoms with van der Waals surface area (Å²) in [7, 11) is 0. The molecule has 1 atom stereocenters. The summed E-state index contributed by atoms with van der Waals surface area (Å²) in [5, 5.41) is 12.2. The summed E-state index contributed by atoms with van der Waals surface area (Å²) >= 11 is 0. The first-order chi connectivity index (χ1) is 14.9. The Kier molecular flexibility index (Phi) is 26.3. The lowest BCUT2D eigenvalue weighted by Crippen LogP contribution is -3.00. The molecular formula is C27H54ClNO3. The predicted octanol–water partition coefficient (Wildman–Crippen LogP) is 2.93. The van der Waals surface area contributed by atoms with Crippen molar-refractivity contribution in [1.82, 2.24) is 0 Å². The van der Waals surface area contributed by atoms with Gasteiger partial charge < -0.3 is 27.6 Å². The molecule has 0 amide bonds. The van der Waals surface area contributed by atoms with Gasteiger partial charge in [-0.15, -0.1) is 0 Å². The molecule has 0 fully saturated rings. The van der Waals surface area contributed by atoms with Crippen LogP contribution < -0.4 is 17.7 Å². The molecule has 0 saturated heterocycles. The van der Waals surface area contributed by atoms with Gasteiger partial charge in [-0.05, 0) is 19.3 Å². The van der Waals surface area contributed by atoms with Crippen molar-refractivity contribution in [2.45, 2.75) is 130 Å². The Labute approximate surface area is 205 Å². The minimum atomic E-state index is -0.317. The molecule has 0 heterocycles. The van der Waals surface area contributed by atoms with E-state index in [2.05, 4.69) is 25.7 Å². The van der Waals surface area contributed by atoms with Gasteiger partial charge in [0.2, 0.25) is 0 Å². The number of ether oxygens (including phenoxy) is 1. The van der Waals surface area contributed by atoms with E-state index in [1.807, 2.05) is 0 Å². The summed E-state index contributed by atoms with van der Waals surface area (Å²) < 4.78 is 5.05. The van der Waals surface area contributed by atoms with Gasteiger partial charge in [0.05, 0.1) is 13.2 Å². The number of aliphatic hydroxyl groups excluding tert-OH is 1. The van der Waals surface area contributed by atoms with Gasteiger partial charge in [-0.1, -0.05) is 110 Å². The van der Waals surface area contributed by atoms with Gasteiger partial charge in [-0.3, -0.25) is 0 Å². The number of nitrogens with two attached hydrogens (primary N) is 1. The minimum absolute atomic E-state index is 0. The number of esters is 1. The Morgan fingerprint density at radius 3 is 1.69 bits per heavy atom. The third-order valence-corrected chi connectivity index (χ3v) is 5.89. The van der Waals surface area contributed by atoms with Gasteiger partial charge in [0.25, 0.3) is 0 Å². The highest BCUT2D eigenvalue weighted by atomic mass is 35.5. The number of hydrogen-bond acceptors (Lipinski definition) is 3. The maximum atomic E-state index is 11.2. The number of unbranched alkanes of at least 4 members (excludes halogenated alkanes) is 12. The Bertz CT molecular complexity index is 429. The number of rotatable bonds is 23. The van der Waals surface area contributed by atoms with Gasteiger partial charge in [-0.25, -0.2) is 4.79 Å². The molecule has 5 heteroatoms. The summed E-state index contributed by atoms with van der Waals surface area (Å²) in [5.41, 5.74) is 0.442. The molecule has 4 nitrogen and oxygen atoms in total. The number of hydrogen-bond donors (Lipinski definition) is 2. The topological polar surface area (TPSA) is 63.1 Å². The average Bonchev–Trinajstić information content (AvgIpc) is 2.72. The molecule has 0 radical (unpaired) electrons. The Morgan fingerprint density at radius 2 is 1.25 bits per heavy atom. The van der Waals surface area contributed by atoms with Crippen LogP contribution in [0.1, 0.15) is 124 Å². The fraction of sp³-hybridized carbons (Fsp3) is 0.889. The van der Waals surface area contributed by atoms with Crippen LogP contribution >= 0.6 is 0 Å². The second-order valence-electron chi connectivity index (χ2n) is 9.80. The molecular weight excluding hydrogens is 422 g/mol. The van der Waals surface area contributed by atoms with Crippen LogP contribution in [0.5, 0.6) is 0 Å². The van der Waals surface area contributed by atoms with Crippen molar-refractivity contribution in [2.24, 2.45) is 5.92 Å². The van der Waals surface area contributed by atoms with Gasteiger partial charge in [0, 0.05) is 12.0 Å². The van der Waals surface area contributed by atoms with Gasteiger partial charge >= 0.3 is 5.97 Å². The fourth-order valence-corrected chi connectivity index (χ4v) is 3.82. The summed E-state index contributed by atoms with van der Waals surface area (Å²) in [5.74, 6) is 0.550. The molecule has 0 rings (SSSR count). The van der Waals surface area contributed by atoms with Crippen molar-refractivity contribution >= 4 is 5.97 Å². The fourth-order valence-electron chi connectivity index (χ4n) is 3.82. The first-order valence-electron chi connectivity index (χ1n) is 13.3. The molecule has 192 valence electrons. The van der Waals surface area contributed by atoms with Crippen LogP contribution in [0, 0.1) is 5.92 Å². The van der Waals surface area contributed by atoms with E-state index in [9.17, 15) is 9.90 Å². The van der Waals surface area contributed by atoms with Gasteiger partial charge in [0.1, 0.15) is 12.6 Å². The van der Waals surface area contributed by atoms with Crippen molar-refractivity contribution in [3.8, 4) is 0 Å². The Hall–Kier alpha value is -0.580. The van der Waals surface area contributed by atoms with Crippen molar-refractivity contribution in [3.63, 3.8) is 0 Å². The van der Waals surface area contributed by atoms with Gasteiger partial charge in [-0.2, -0.15) is 0 Å². The number of aliphatic hydroxyl groups is 1. The van der Waals surface area contributed by atoms with E-state index in [0.29, 0.717) is 12.2 Å². The second kappa shape index (κ2) is 25.1. The number of carbonyl (C=O) groups is 1. The quantitative estimate of drug-likeness (QED) is 0.136. The maximum Gasteiger partial charge on any atom is 0.333 e. The van der Waals surface area contributed by atoms with Crippen LogP contribution in [0.15, 0.2) is 12.2 Å². The van der Waals surface area contributed by atoms with E-state index >= 15 is 0 Å². The molecule has 1 unspecified atom stereocenters. The zero-order valence-corrected chi connectivity index (χ0v) is 22.3. The smallest absolute Gasteiger partial charge is 0.333 e. The van der Waals surface area contributed by atoms with E-state index in [1.54, 1.807) is 6.92 Å². The first-order valence-corrected chi connectivity index (χ1v) is 13.3. The number of halogens is 1. The summed E-state index contributed by atoms with van der Waals surface area (Å²) in [6, 6.07) is 0. The van der Waals surface area contributed by atoms with E-state index < -0.39 is 0 Å². The molecule has 0 aromatic carbocycles. The van der Waals surface area contributed by atoms with Crippen LogP contribution in [0.3, 0.4) is 0 Å². The van der Waals surface area contributed by atoms with Crippen LogP contribution in [-0.4, -0.2) is 36.9 Å². The van der Waals surface area contributed by atoms with E-state index in [0.717, 1.165) is 38.3 Å². The average molecular weight is 476 g/mol. The van der Waals surface area contributed by atoms with Crippen LogP contribution in [0.2, 0.25) is 0 Å². The third-order valence-electron chi connectivity index (χ3n) is 5.89. The number of quaternary nitrogens is 1. The maximum absolute atomic E-state index is 11.2. The number of carbonyl (C=O) groups excluding carboxylic acids is 1. The largest absolute Gasteiger partial charge is 1.00 e. The van der Waals surface area contributed by atoms with Gasteiger partial charge in [0.15, 0.2) is 0 Å². The highest BCUT2D eigenvalue weighted by Crippen LogP contribution is 2.14. The van der Waals surface area contributed by atoms with Crippen molar-refractivity contribution in [1.29, 1.82) is 0 Å². The molecule has 0 saturated carbocycles. The van der Waals surface area contributed by atoms with Crippen LogP contribution in [-0.2, 0) is 9.53 Å². The van der Waals surface area contributed by atoms with E-state index in [4.69, 9.17) is 4.74 Å². The Balaban J connectivity index is 0. The lowest BCUT2D eigenvalue weighted by molar-refractivity contribution is -0.661. The summed E-state index contributed by atoms with van der Waals surface area (Å²) in [4.78, 5) is 11.2. The monoisotopic (exact) mass is 475 g/mol. The Morgan fingerprint density at radius 1 is 0.812 bits per heavy atom. The summed E-state index contributed by atoms with van der Waals surface area (Å²) in [6.45, 7) is 11.9. The van der Waals surface area contributed by atoms with Crippen molar-refractivity contribution < 1.29 is 32.4 Å². The van der Waals surface area contributed by atoms with E-state index in [-0.39, 0.29) is 24.5 Å². The minimum Gasteiger partial charge on any atom is -1.00 e. The lowest BCUT2D eigenvalue weighted by atomic mass is 10.0. The molecule has 3 N–H and O–H groups in total. The molecule has 0 aromatic heterocycles. The SMILES string of the molecule is C=C(C)C(=O)OCCC[NH2+]CC(O)CCCCCCCCCCCCCCCC(C)C.[Cl-]. The molecule has 0 aliphatic carbocycles. The summed E-state index contributed by atoms with van der Waals surface area (Å²) in [6.07, 6.45) is 20.6. The highest BCUT2D eigenvalue weighted by molar-refractivity contribution is 5.86. The van der Waals surface area contributed by atoms with Crippen LogP contribution in [0.4, 0.5) is 0 Å². The molecule has 0 aliphatic heterocycles. The molecule has 32 heavy (non-hydrogen) atoms. The normalized spacial score (nSPS) is 11.9. The third kappa shape index (κ3) is 25.7. The molecule has 0 aromatic rings. The second-order valence-corrected chi connectivity index (χ2v) is 9.80. The van der Waals surface area contributed by atoms with Crippen molar-refractivity contribution in [3.05, 3.63) is 12.2 Å². The molecule has 0 aliphatic rings. The zero-order chi connectivity index (χ0) is 23.2. The van der Waals surface area contributed by atoms with Crippen molar-refractivity contribution in [2.75, 3.05) is 19.7 Å². The van der Waals surface area contributed by atoms with Crippen LogP contribution in [0.25, 0.3) is 0 Å². The molecule has 0 bridgehead atoms. The first kappa shape index (κ1) is 33.6. The lowest BCUT2D eigenvalue weighted by Gasteiger charge is -2.09.